The number of esters is 1. The Morgan fingerprint density at radius 3 is 1.30 bits per heavy atom. The van der Waals surface area contributed by atoms with Crippen LogP contribution in [0.15, 0.2) is 36.5 Å². The third-order valence-electron chi connectivity index (χ3n) is 11.9. The summed E-state index contributed by atoms with van der Waals surface area (Å²) in [5, 5.41) is 23.0. The van der Waals surface area contributed by atoms with Crippen LogP contribution in [0.25, 0.3) is 0 Å². The first-order valence-corrected chi connectivity index (χ1v) is 26.3. The topological polar surface area (TPSA) is 95.9 Å². The summed E-state index contributed by atoms with van der Waals surface area (Å²) in [6.07, 6.45) is 60.0. The minimum atomic E-state index is -0.848. The molecule has 0 bridgehead atoms. The van der Waals surface area contributed by atoms with E-state index in [0.717, 1.165) is 57.8 Å². The van der Waals surface area contributed by atoms with Crippen LogP contribution >= 0.6 is 0 Å². The van der Waals surface area contributed by atoms with E-state index in [0.29, 0.717) is 19.4 Å². The number of aliphatic hydroxyl groups is 2. The molecule has 0 aliphatic heterocycles. The Labute approximate surface area is 373 Å². The summed E-state index contributed by atoms with van der Waals surface area (Å²) >= 11 is 0. The van der Waals surface area contributed by atoms with E-state index >= 15 is 0 Å². The highest BCUT2D eigenvalue weighted by Crippen LogP contribution is 2.16. The SMILES string of the molecule is CCCCC/C=C\C/C=C\CCCCCCCC(=O)OCCCCCCCCCCCCCCCCCCC(=O)NC(CO)C(O)/C=C/CCCCCCCCCCCC. The molecule has 3 N–H and O–H groups in total. The van der Waals surface area contributed by atoms with E-state index in [1.807, 2.05) is 6.08 Å². The largest absolute Gasteiger partial charge is 0.466 e. The standard InChI is InChI=1S/C54H101NO5/c1-3-5-7-9-11-13-15-17-20-24-28-32-36-40-44-48-54(59)60-49-45-41-37-33-29-25-22-19-18-21-23-27-31-35-39-43-47-53(58)55-51(50-56)52(57)46-42-38-34-30-26-16-14-12-10-8-6-4-2/h11,13,17,20,42,46,51-52,56-57H,3-10,12,14-16,18-19,21-41,43-45,47-50H2,1-2H3,(H,55,58)/b13-11-,20-17-,46-42+. The van der Waals surface area contributed by atoms with Gasteiger partial charge in [-0.1, -0.05) is 230 Å². The molecule has 0 spiro atoms. The maximum atomic E-state index is 12.4. The zero-order valence-electron chi connectivity index (χ0n) is 39.9. The highest BCUT2D eigenvalue weighted by Gasteiger charge is 2.18. The maximum Gasteiger partial charge on any atom is 0.305 e. The predicted molar refractivity (Wildman–Crippen MR) is 259 cm³/mol. The molecule has 0 rings (SSSR count). The third kappa shape index (κ3) is 45.6. The summed E-state index contributed by atoms with van der Waals surface area (Å²) in [6, 6.07) is -0.632. The summed E-state index contributed by atoms with van der Waals surface area (Å²) in [6.45, 7) is 4.84. The molecule has 0 aromatic rings. The predicted octanol–water partition coefficient (Wildman–Crippen LogP) is 15.7. The van der Waals surface area contributed by atoms with Gasteiger partial charge in [-0.3, -0.25) is 9.59 Å². The minimum absolute atomic E-state index is 0.0125. The molecule has 0 radical (unpaired) electrons. The second kappa shape index (κ2) is 49.7. The van der Waals surface area contributed by atoms with Gasteiger partial charge < -0.3 is 20.3 Å². The van der Waals surface area contributed by atoms with Gasteiger partial charge >= 0.3 is 5.97 Å². The van der Waals surface area contributed by atoms with E-state index in [-0.39, 0.29) is 18.5 Å². The number of carbonyl (C=O) groups excluding carboxylic acids is 2. The first-order chi connectivity index (χ1) is 29.5. The molecular weight excluding hydrogens is 743 g/mol. The van der Waals surface area contributed by atoms with E-state index in [4.69, 9.17) is 4.74 Å². The van der Waals surface area contributed by atoms with Crippen molar-refractivity contribution in [3.8, 4) is 0 Å². The zero-order valence-corrected chi connectivity index (χ0v) is 39.9. The molecule has 6 heteroatoms. The first kappa shape index (κ1) is 58.1. The van der Waals surface area contributed by atoms with Crippen LogP contribution in [0.5, 0.6) is 0 Å². The monoisotopic (exact) mass is 844 g/mol. The maximum absolute atomic E-state index is 12.4. The quantitative estimate of drug-likeness (QED) is 0.0322. The van der Waals surface area contributed by atoms with Crippen LogP contribution in [0.3, 0.4) is 0 Å². The fourth-order valence-electron chi connectivity index (χ4n) is 7.84. The van der Waals surface area contributed by atoms with Crippen LogP contribution in [-0.2, 0) is 14.3 Å². The third-order valence-corrected chi connectivity index (χ3v) is 11.9. The smallest absolute Gasteiger partial charge is 0.305 e. The molecule has 0 aromatic heterocycles. The van der Waals surface area contributed by atoms with Crippen molar-refractivity contribution in [3.05, 3.63) is 36.5 Å². The number of carbonyl (C=O) groups is 2. The van der Waals surface area contributed by atoms with E-state index in [1.165, 1.54) is 186 Å². The van der Waals surface area contributed by atoms with Gasteiger partial charge in [-0.2, -0.15) is 0 Å². The van der Waals surface area contributed by atoms with Crippen LogP contribution in [0.4, 0.5) is 0 Å². The van der Waals surface area contributed by atoms with E-state index < -0.39 is 12.1 Å². The Morgan fingerprint density at radius 1 is 0.467 bits per heavy atom. The fourth-order valence-corrected chi connectivity index (χ4v) is 7.84. The Kier molecular flexibility index (Phi) is 48.1. The van der Waals surface area contributed by atoms with Gasteiger partial charge in [-0.15, -0.1) is 0 Å². The minimum Gasteiger partial charge on any atom is -0.466 e. The Morgan fingerprint density at radius 2 is 0.833 bits per heavy atom. The molecule has 2 atom stereocenters. The Hall–Kier alpha value is -1.92. The molecule has 0 saturated carbocycles. The molecule has 0 aliphatic carbocycles. The number of hydrogen-bond acceptors (Lipinski definition) is 5. The lowest BCUT2D eigenvalue weighted by atomic mass is 10.0. The lowest BCUT2D eigenvalue weighted by Gasteiger charge is -2.20. The molecule has 352 valence electrons. The van der Waals surface area contributed by atoms with Crippen molar-refractivity contribution in [2.45, 2.75) is 283 Å². The van der Waals surface area contributed by atoms with Gasteiger partial charge in [0.2, 0.25) is 5.91 Å². The first-order valence-electron chi connectivity index (χ1n) is 26.3. The van der Waals surface area contributed by atoms with Gasteiger partial charge in [0.1, 0.15) is 0 Å². The molecule has 60 heavy (non-hydrogen) atoms. The molecular formula is C54H101NO5. The number of unbranched alkanes of at least 4 members (excludes halogenated alkanes) is 33. The highest BCUT2D eigenvalue weighted by molar-refractivity contribution is 5.76. The molecule has 2 unspecified atom stereocenters. The van der Waals surface area contributed by atoms with Crippen molar-refractivity contribution in [1.29, 1.82) is 0 Å². The normalized spacial score (nSPS) is 12.9. The van der Waals surface area contributed by atoms with Gasteiger partial charge in [-0.25, -0.2) is 0 Å². The van der Waals surface area contributed by atoms with Crippen molar-refractivity contribution in [2.24, 2.45) is 0 Å². The number of nitrogens with one attached hydrogen (secondary N) is 1. The lowest BCUT2D eigenvalue weighted by molar-refractivity contribution is -0.143. The van der Waals surface area contributed by atoms with Crippen molar-refractivity contribution < 1.29 is 24.5 Å². The Balaban J connectivity index is 3.45. The Bertz CT molecular complexity index is 977. The summed E-state index contributed by atoms with van der Waals surface area (Å²) in [5.74, 6) is -0.0891. The van der Waals surface area contributed by atoms with Gasteiger partial charge in [0.15, 0.2) is 0 Å². The van der Waals surface area contributed by atoms with Gasteiger partial charge in [0.05, 0.1) is 25.4 Å². The molecule has 0 saturated heterocycles. The number of allylic oxidation sites excluding steroid dienone is 5. The fraction of sp³-hybridized carbons (Fsp3) is 0.852. The van der Waals surface area contributed by atoms with Crippen molar-refractivity contribution in [2.75, 3.05) is 13.2 Å². The average molecular weight is 844 g/mol. The molecule has 0 heterocycles. The van der Waals surface area contributed by atoms with E-state index in [2.05, 4.69) is 43.5 Å². The van der Waals surface area contributed by atoms with Gasteiger partial charge in [0.25, 0.3) is 0 Å². The zero-order chi connectivity index (χ0) is 43.7. The van der Waals surface area contributed by atoms with Crippen LogP contribution in [0.1, 0.15) is 271 Å². The van der Waals surface area contributed by atoms with Crippen LogP contribution in [0, 0.1) is 0 Å². The second-order valence-electron chi connectivity index (χ2n) is 17.9. The number of rotatable bonds is 48. The molecule has 6 nitrogen and oxygen atoms in total. The molecule has 1 amide bonds. The average Bonchev–Trinajstić information content (AvgIpc) is 3.25. The van der Waals surface area contributed by atoms with E-state index in [9.17, 15) is 19.8 Å². The number of hydrogen-bond donors (Lipinski definition) is 3. The van der Waals surface area contributed by atoms with Gasteiger partial charge in [-0.05, 0) is 64.2 Å². The molecule has 0 aromatic carbocycles. The summed E-state index contributed by atoms with van der Waals surface area (Å²) in [5.41, 5.74) is 0. The van der Waals surface area contributed by atoms with Crippen molar-refractivity contribution in [1.82, 2.24) is 5.32 Å². The summed E-state index contributed by atoms with van der Waals surface area (Å²) in [4.78, 5) is 24.4. The highest BCUT2D eigenvalue weighted by atomic mass is 16.5. The van der Waals surface area contributed by atoms with Gasteiger partial charge in [0, 0.05) is 12.8 Å². The van der Waals surface area contributed by atoms with Crippen molar-refractivity contribution >= 4 is 11.9 Å². The number of aliphatic hydroxyl groups excluding tert-OH is 2. The number of amides is 1. The van der Waals surface area contributed by atoms with Crippen LogP contribution in [-0.4, -0.2) is 47.4 Å². The number of ether oxygens (including phenoxy) is 1. The van der Waals surface area contributed by atoms with E-state index in [1.54, 1.807) is 6.08 Å². The van der Waals surface area contributed by atoms with Crippen LogP contribution in [0.2, 0.25) is 0 Å². The summed E-state index contributed by atoms with van der Waals surface area (Å²) in [7, 11) is 0. The van der Waals surface area contributed by atoms with Crippen molar-refractivity contribution in [3.63, 3.8) is 0 Å². The van der Waals surface area contributed by atoms with Crippen LogP contribution < -0.4 is 5.32 Å². The summed E-state index contributed by atoms with van der Waals surface area (Å²) < 4.78 is 5.46. The molecule has 0 aliphatic rings. The molecule has 0 fully saturated rings. The second-order valence-corrected chi connectivity index (χ2v) is 17.9. The lowest BCUT2D eigenvalue weighted by Crippen LogP contribution is -2.45.